The molecule has 2 N–H and O–H groups in total. The second-order valence-corrected chi connectivity index (χ2v) is 6.14. The van der Waals surface area contributed by atoms with Crippen LogP contribution in [0.5, 0.6) is 0 Å². The van der Waals surface area contributed by atoms with Gasteiger partial charge in [-0.2, -0.15) is 4.31 Å². The van der Waals surface area contributed by atoms with Gasteiger partial charge in [0.05, 0.1) is 5.69 Å². The maximum Gasteiger partial charge on any atom is 0.245 e. The molecule has 1 rings (SSSR count). The highest BCUT2D eigenvalue weighted by atomic mass is 32.2. The number of sulfonamides is 1. The first-order valence-corrected chi connectivity index (χ1v) is 7.31. The number of halogens is 1. The van der Waals surface area contributed by atoms with Crippen LogP contribution in [0.1, 0.15) is 26.7 Å². The maximum atomic E-state index is 13.2. The van der Waals surface area contributed by atoms with Crippen molar-refractivity contribution in [3.63, 3.8) is 0 Å². The molecular formula is C12H19FN2O2S. The van der Waals surface area contributed by atoms with Crippen molar-refractivity contribution in [3.05, 3.63) is 24.0 Å². The highest BCUT2D eigenvalue weighted by Crippen LogP contribution is 2.25. The zero-order valence-electron chi connectivity index (χ0n) is 10.9. The molecule has 0 aliphatic heterocycles. The molecule has 102 valence electrons. The highest BCUT2D eigenvalue weighted by molar-refractivity contribution is 7.89. The SMILES string of the molecule is CCC(CC)N(C)S(=O)(=O)c1cc(F)ccc1N. The Kier molecular flexibility index (Phi) is 4.70. The fraction of sp³-hybridized carbons (Fsp3) is 0.500. The summed E-state index contributed by atoms with van der Waals surface area (Å²) >= 11 is 0. The number of hydrogen-bond donors (Lipinski definition) is 1. The second kappa shape index (κ2) is 5.67. The van der Waals surface area contributed by atoms with E-state index in [9.17, 15) is 12.8 Å². The number of anilines is 1. The van der Waals surface area contributed by atoms with Crippen LogP contribution in [0.4, 0.5) is 10.1 Å². The van der Waals surface area contributed by atoms with Gasteiger partial charge in [-0.3, -0.25) is 0 Å². The molecule has 0 saturated heterocycles. The summed E-state index contributed by atoms with van der Waals surface area (Å²) in [6.07, 6.45) is 1.39. The zero-order valence-corrected chi connectivity index (χ0v) is 11.7. The van der Waals surface area contributed by atoms with E-state index in [0.717, 1.165) is 12.1 Å². The van der Waals surface area contributed by atoms with Crippen molar-refractivity contribution >= 4 is 15.7 Å². The summed E-state index contributed by atoms with van der Waals surface area (Å²) in [5, 5.41) is 0. The molecule has 0 unspecified atom stereocenters. The van der Waals surface area contributed by atoms with Gasteiger partial charge in [-0.25, -0.2) is 12.8 Å². The first kappa shape index (κ1) is 14.9. The van der Waals surface area contributed by atoms with Crippen LogP contribution < -0.4 is 5.73 Å². The molecule has 0 radical (unpaired) electrons. The average Bonchev–Trinajstić information content (AvgIpc) is 2.33. The standard InChI is InChI=1S/C12H19FN2O2S/c1-4-10(5-2)15(3)18(16,17)12-8-9(13)6-7-11(12)14/h6-8,10H,4-5,14H2,1-3H3. The Labute approximate surface area is 108 Å². The topological polar surface area (TPSA) is 63.4 Å². The van der Waals surface area contributed by atoms with Gasteiger partial charge < -0.3 is 5.73 Å². The molecule has 0 amide bonds. The maximum absolute atomic E-state index is 13.2. The molecule has 0 aromatic heterocycles. The monoisotopic (exact) mass is 274 g/mol. The van der Waals surface area contributed by atoms with E-state index in [1.54, 1.807) is 0 Å². The number of nitrogens with zero attached hydrogens (tertiary/aromatic N) is 1. The number of rotatable bonds is 5. The van der Waals surface area contributed by atoms with Crippen LogP contribution in [-0.2, 0) is 10.0 Å². The van der Waals surface area contributed by atoms with Crippen molar-refractivity contribution in [3.8, 4) is 0 Å². The zero-order chi connectivity index (χ0) is 13.9. The largest absolute Gasteiger partial charge is 0.398 e. The summed E-state index contributed by atoms with van der Waals surface area (Å²) in [7, 11) is -2.25. The summed E-state index contributed by atoms with van der Waals surface area (Å²) in [6.45, 7) is 3.82. The van der Waals surface area contributed by atoms with Crippen molar-refractivity contribution in [2.75, 3.05) is 12.8 Å². The fourth-order valence-electron chi connectivity index (χ4n) is 1.89. The van der Waals surface area contributed by atoms with E-state index in [-0.39, 0.29) is 16.6 Å². The lowest BCUT2D eigenvalue weighted by molar-refractivity contribution is 0.349. The van der Waals surface area contributed by atoms with Crippen LogP contribution in [0.2, 0.25) is 0 Å². The third kappa shape index (κ3) is 2.81. The minimum atomic E-state index is -3.75. The summed E-state index contributed by atoms with van der Waals surface area (Å²) in [4.78, 5) is -0.170. The predicted molar refractivity (Wildman–Crippen MR) is 70.1 cm³/mol. The summed E-state index contributed by atoms with van der Waals surface area (Å²) in [5.74, 6) is -0.610. The van der Waals surface area contributed by atoms with Gasteiger partial charge in [0, 0.05) is 13.1 Å². The molecule has 0 aliphatic carbocycles. The number of benzene rings is 1. The summed E-state index contributed by atoms with van der Waals surface area (Å²) < 4.78 is 39.1. The lowest BCUT2D eigenvalue weighted by Gasteiger charge is -2.26. The Hall–Kier alpha value is -1.14. The molecule has 0 bridgehead atoms. The lowest BCUT2D eigenvalue weighted by atomic mass is 10.2. The molecule has 0 saturated carbocycles. The van der Waals surface area contributed by atoms with Gasteiger partial charge in [0.1, 0.15) is 10.7 Å². The normalized spacial score (nSPS) is 12.3. The molecule has 1 aromatic rings. The summed E-state index contributed by atoms with van der Waals surface area (Å²) in [6, 6.07) is 3.26. The molecule has 0 aliphatic rings. The number of hydrogen-bond acceptors (Lipinski definition) is 3. The van der Waals surface area contributed by atoms with Gasteiger partial charge in [-0.05, 0) is 31.0 Å². The molecule has 4 nitrogen and oxygen atoms in total. The van der Waals surface area contributed by atoms with E-state index < -0.39 is 15.8 Å². The fourth-order valence-corrected chi connectivity index (χ4v) is 3.51. The van der Waals surface area contributed by atoms with Crippen molar-refractivity contribution in [2.24, 2.45) is 0 Å². The van der Waals surface area contributed by atoms with Crippen LogP contribution >= 0.6 is 0 Å². The van der Waals surface area contributed by atoms with Gasteiger partial charge in [0.2, 0.25) is 10.0 Å². The third-order valence-corrected chi connectivity index (χ3v) is 5.06. The van der Waals surface area contributed by atoms with Gasteiger partial charge in [-0.1, -0.05) is 13.8 Å². The smallest absolute Gasteiger partial charge is 0.245 e. The number of nitrogens with two attached hydrogens (primary N) is 1. The predicted octanol–water partition coefficient (Wildman–Crippen LogP) is 2.22. The Bertz CT molecular complexity index is 513. The van der Waals surface area contributed by atoms with Crippen LogP contribution in [0.15, 0.2) is 23.1 Å². The van der Waals surface area contributed by atoms with E-state index in [1.807, 2.05) is 13.8 Å². The molecule has 18 heavy (non-hydrogen) atoms. The Balaban J connectivity index is 3.25. The average molecular weight is 274 g/mol. The lowest BCUT2D eigenvalue weighted by Crippen LogP contribution is -2.36. The van der Waals surface area contributed by atoms with Crippen molar-refractivity contribution < 1.29 is 12.8 Å². The van der Waals surface area contributed by atoms with Crippen molar-refractivity contribution in [1.29, 1.82) is 0 Å². The highest BCUT2D eigenvalue weighted by Gasteiger charge is 2.28. The van der Waals surface area contributed by atoms with E-state index in [0.29, 0.717) is 12.8 Å². The Morgan fingerprint density at radius 2 is 1.89 bits per heavy atom. The molecule has 0 heterocycles. The quantitative estimate of drug-likeness (QED) is 0.837. The van der Waals surface area contributed by atoms with Gasteiger partial charge in [0.15, 0.2) is 0 Å². The molecule has 0 spiro atoms. The van der Waals surface area contributed by atoms with Crippen molar-refractivity contribution in [2.45, 2.75) is 37.6 Å². The molecule has 6 heteroatoms. The van der Waals surface area contributed by atoms with Gasteiger partial charge in [0.25, 0.3) is 0 Å². The molecule has 0 atom stereocenters. The second-order valence-electron chi connectivity index (χ2n) is 4.17. The van der Waals surface area contributed by atoms with E-state index >= 15 is 0 Å². The summed E-state index contributed by atoms with van der Waals surface area (Å²) in [5.41, 5.74) is 5.69. The third-order valence-electron chi connectivity index (χ3n) is 3.09. The van der Waals surface area contributed by atoms with Crippen LogP contribution in [0.3, 0.4) is 0 Å². The first-order valence-electron chi connectivity index (χ1n) is 5.87. The molecule has 1 aromatic carbocycles. The first-order chi connectivity index (χ1) is 8.34. The minimum Gasteiger partial charge on any atom is -0.398 e. The minimum absolute atomic E-state index is 0.0641. The van der Waals surface area contributed by atoms with Crippen LogP contribution in [-0.4, -0.2) is 25.8 Å². The van der Waals surface area contributed by atoms with Gasteiger partial charge >= 0.3 is 0 Å². The van der Waals surface area contributed by atoms with E-state index in [2.05, 4.69) is 0 Å². The molecule has 0 fully saturated rings. The molecular weight excluding hydrogens is 255 g/mol. The Morgan fingerprint density at radius 1 is 1.33 bits per heavy atom. The number of nitrogen functional groups attached to an aromatic ring is 1. The van der Waals surface area contributed by atoms with Crippen LogP contribution in [0.25, 0.3) is 0 Å². The van der Waals surface area contributed by atoms with Crippen LogP contribution in [0, 0.1) is 5.82 Å². The van der Waals surface area contributed by atoms with Crippen molar-refractivity contribution in [1.82, 2.24) is 4.31 Å². The van der Waals surface area contributed by atoms with E-state index in [4.69, 9.17) is 5.73 Å². The van der Waals surface area contributed by atoms with E-state index in [1.165, 1.54) is 17.4 Å². The van der Waals surface area contributed by atoms with Gasteiger partial charge in [-0.15, -0.1) is 0 Å². The Morgan fingerprint density at radius 3 is 2.39 bits per heavy atom.